The molecule has 28 heavy (non-hydrogen) atoms. The highest BCUT2D eigenvalue weighted by atomic mass is 16.4. The van der Waals surface area contributed by atoms with Crippen molar-refractivity contribution in [1.29, 1.82) is 0 Å². The number of para-hydroxylation sites is 1. The Bertz CT molecular complexity index is 1230. The van der Waals surface area contributed by atoms with Crippen LogP contribution in [-0.4, -0.2) is 22.0 Å². The van der Waals surface area contributed by atoms with Gasteiger partial charge >= 0.3 is 5.97 Å². The molecule has 7 heteroatoms. The van der Waals surface area contributed by atoms with Crippen LogP contribution in [0, 0.1) is 0 Å². The Morgan fingerprint density at radius 3 is 2.21 bits per heavy atom. The van der Waals surface area contributed by atoms with Gasteiger partial charge in [-0.15, -0.1) is 0 Å². The predicted octanol–water partition coefficient (Wildman–Crippen LogP) is 5.22. The molecule has 0 spiro atoms. The zero-order valence-corrected chi connectivity index (χ0v) is 14.6. The van der Waals surface area contributed by atoms with Crippen molar-refractivity contribution in [3.8, 4) is 0 Å². The lowest BCUT2D eigenvalue weighted by atomic mass is 10.1. The summed E-state index contributed by atoms with van der Waals surface area (Å²) in [5, 5.41) is 14.7. The van der Waals surface area contributed by atoms with Crippen molar-refractivity contribution in [1.82, 2.24) is 4.98 Å². The number of hydrogen-bond acceptors (Lipinski definition) is 3. The maximum Gasteiger partial charge on any atom is 0.354 e. The van der Waals surface area contributed by atoms with Crippen molar-refractivity contribution in [2.45, 2.75) is 0 Å². The number of pyridine rings is 1. The van der Waals surface area contributed by atoms with Crippen molar-refractivity contribution >= 4 is 33.6 Å². The van der Waals surface area contributed by atoms with Gasteiger partial charge in [-0.2, -0.15) is 0 Å². The van der Waals surface area contributed by atoms with E-state index in [2.05, 4.69) is 15.0 Å². The van der Waals surface area contributed by atoms with Gasteiger partial charge in [-0.05, 0) is 39.6 Å². The Labute approximate surface area is 159 Å². The number of benzene rings is 3. The molecule has 1 aromatic heterocycles. The summed E-state index contributed by atoms with van der Waals surface area (Å²) in [5.41, 5.74) is 9.35. The van der Waals surface area contributed by atoms with Crippen molar-refractivity contribution in [2.75, 3.05) is 0 Å². The Morgan fingerprint density at radius 1 is 0.857 bits per heavy atom. The monoisotopic (exact) mass is 370 g/mol. The normalized spacial score (nSPS) is 9.86. The van der Waals surface area contributed by atoms with E-state index in [1.807, 2.05) is 48.5 Å². The Hall–Kier alpha value is -4.22. The molecule has 0 saturated carbocycles. The van der Waals surface area contributed by atoms with Crippen LogP contribution in [0.15, 0.2) is 84.0 Å². The van der Waals surface area contributed by atoms with E-state index in [0.717, 1.165) is 16.2 Å². The minimum Gasteiger partial charge on any atom is -0.477 e. The van der Waals surface area contributed by atoms with E-state index in [1.54, 1.807) is 24.3 Å². The molecular formula is C21H14N4O3. The molecule has 1 heterocycles. The fourth-order valence-corrected chi connectivity index (χ4v) is 2.61. The SMILES string of the molecule is O=C(O)c1ccc2ccccc2n1.[N-]=[N+]=NC(=O)c1ccc2ccccc2c1. The zero-order valence-electron chi connectivity index (χ0n) is 14.6. The first-order chi connectivity index (χ1) is 13.6. The number of aromatic carboxylic acids is 1. The van der Waals surface area contributed by atoms with Crippen LogP contribution in [0.3, 0.4) is 0 Å². The minimum atomic E-state index is -0.995. The number of carbonyl (C=O) groups is 2. The number of rotatable bonds is 2. The van der Waals surface area contributed by atoms with Crippen molar-refractivity contribution in [3.63, 3.8) is 0 Å². The molecule has 4 aromatic rings. The van der Waals surface area contributed by atoms with E-state index in [-0.39, 0.29) is 5.69 Å². The number of carboxylic acids is 1. The lowest BCUT2D eigenvalue weighted by Gasteiger charge is -1.98. The minimum absolute atomic E-state index is 0.0821. The van der Waals surface area contributed by atoms with Crippen molar-refractivity contribution in [2.24, 2.45) is 5.11 Å². The molecule has 4 rings (SSSR count). The topological polar surface area (TPSA) is 116 Å². The highest BCUT2D eigenvalue weighted by molar-refractivity contribution is 5.99. The summed E-state index contributed by atoms with van der Waals surface area (Å²) in [6.07, 6.45) is 0. The lowest BCUT2D eigenvalue weighted by Crippen LogP contribution is -1.99. The second-order valence-electron chi connectivity index (χ2n) is 5.75. The van der Waals surface area contributed by atoms with Crippen molar-refractivity contribution in [3.05, 3.63) is 101 Å². The first-order valence-corrected chi connectivity index (χ1v) is 8.26. The molecule has 0 saturated heterocycles. The molecule has 1 N–H and O–H groups in total. The van der Waals surface area contributed by atoms with E-state index < -0.39 is 11.9 Å². The third kappa shape index (κ3) is 4.30. The number of carbonyl (C=O) groups excluding carboxylic acids is 1. The molecule has 0 fully saturated rings. The maximum atomic E-state index is 11.3. The van der Waals surface area contributed by atoms with Crippen LogP contribution >= 0.6 is 0 Å². The van der Waals surface area contributed by atoms with E-state index in [4.69, 9.17) is 10.6 Å². The third-order valence-electron chi connectivity index (χ3n) is 3.95. The molecule has 0 aliphatic rings. The standard InChI is InChI=1S/C11H7N3O.C10H7NO2/c12-14-13-11(15)10-6-5-8-3-1-2-4-9(8)7-10;12-10(13)9-6-5-7-3-1-2-4-8(7)11-9/h1-7H;1-6H,(H,12,13). The largest absolute Gasteiger partial charge is 0.477 e. The van der Waals surface area contributed by atoms with E-state index >= 15 is 0 Å². The van der Waals surface area contributed by atoms with Gasteiger partial charge in [0.2, 0.25) is 5.91 Å². The van der Waals surface area contributed by atoms with Gasteiger partial charge in [0.1, 0.15) is 5.69 Å². The van der Waals surface area contributed by atoms with Crippen LogP contribution in [0.25, 0.3) is 32.1 Å². The predicted molar refractivity (Wildman–Crippen MR) is 106 cm³/mol. The van der Waals surface area contributed by atoms with Crippen LogP contribution in [-0.2, 0) is 0 Å². The van der Waals surface area contributed by atoms with Crippen LogP contribution in [0.1, 0.15) is 20.8 Å². The average molecular weight is 370 g/mol. The molecule has 7 nitrogen and oxygen atoms in total. The van der Waals surface area contributed by atoms with Gasteiger partial charge in [-0.3, -0.25) is 4.79 Å². The fraction of sp³-hybridized carbons (Fsp3) is 0. The van der Waals surface area contributed by atoms with E-state index in [1.165, 1.54) is 6.07 Å². The number of amides is 1. The van der Waals surface area contributed by atoms with Gasteiger partial charge in [0, 0.05) is 15.9 Å². The fourth-order valence-electron chi connectivity index (χ4n) is 2.61. The molecule has 136 valence electrons. The number of azide groups is 1. The Morgan fingerprint density at radius 2 is 1.50 bits per heavy atom. The van der Waals surface area contributed by atoms with E-state index in [0.29, 0.717) is 11.1 Å². The van der Waals surface area contributed by atoms with Gasteiger partial charge in [0.05, 0.1) is 5.52 Å². The zero-order chi connectivity index (χ0) is 19.9. The van der Waals surface area contributed by atoms with Crippen LogP contribution in [0.4, 0.5) is 0 Å². The van der Waals surface area contributed by atoms with Crippen LogP contribution in [0.5, 0.6) is 0 Å². The lowest BCUT2D eigenvalue weighted by molar-refractivity contribution is 0.0690. The summed E-state index contributed by atoms with van der Waals surface area (Å²) in [5.74, 6) is -1.55. The molecular weight excluding hydrogens is 356 g/mol. The number of nitrogens with zero attached hydrogens (tertiary/aromatic N) is 4. The molecule has 0 radical (unpaired) electrons. The molecule has 1 amide bonds. The molecule has 0 aliphatic heterocycles. The van der Waals surface area contributed by atoms with Gasteiger partial charge < -0.3 is 5.11 Å². The average Bonchev–Trinajstić information content (AvgIpc) is 2.73. The Kier molecular flexibility index (Phi) is 5.60. The molecule has 0 unspecified atom stereocenters. The van der Waals surface area contributed by atoms with Crippen molar-refractivity contribution < 1.29 is 14.7 Å². The molecule has 3 aromatic carbocycles. The highest BCUT2D eigenvalue weighted by Crippen LogP contribution is 2.16. The van der Waals surface area contributed by atoms with Gasteiger partial charge in [-0.25, -0.2) is 9.78 Å². The number of aromatic nitrogens is 1. The third-order valence-corrected chi connectivity index (χ3v) is 3.95. The van der Waals surface area contributed by atoms with Crippen LogP contribution in [0.2, 0.25) is 0 Å². The number of carboxylic acid groups (broad SMARTS) is 1. The maximum absolute atomic E-state index is 11.3. The summed E-state index contributed by atoms with van der Waals surface area (Å²) in [7, 11) is 0. The first kappa shape index (κ1) is 18.6. The molecule has 0 aliphatic carbocycles. The molecule has 0 atom stereocenters. The smallest absolute Gasteiger partial charge is 0.354 e. The summed E-state index contributed by atoms with van der Waals surface area (Å²) in [6.45, 7) is 0. The number of hydrogen-bond donors (Lipinski definition) is 1. The van der Waals surface area contributed by atoms with Gasteiger partial charge in [-0.1, -0.05) is 60.7 Å². The van der Waals surface area contributed by atoms with Crippen LogP contribution < -0.4 is 0 Å². The Balaban J connectivity index is 0.000000162. The second kappa shape index (κ2) is 8.44. The summed E-state index contributed by atoms with van der Waals surface area (Å²) in [6, 6.07) is 23.6. The molecule has 0 bridgehead atoms. The highest BCUT2D eigenvalue weighted by Gasteiger charge is 2.04. The summed E-state index contributed by atoms with van der Waals surface area (Å²) >= 11 is 0. The van der Waals surface area contributed by atoms with E-state index in [9.17, 15) is 9.59 Å². The number of fused-ring (bicyclic) bond motifs is 2. The summed E-state index contributed by atoms with van der Waals surface area (Å²) < 4.78 is 0. The first-order valence-electron chi connectivity index (χ1n) is 8.26. The summed E-state index contributed by atoms with van der Waals surface area (Å²) in [4.78, 5) is 28.3. The van der Waals surface area contributed by atoms with Gasteiger partial charge in [0.25, 0.3) is 0 Å². The second-order valence-corrected chi connectivity index (χ2v) is 5.75. The quantitative estimate of drug-likeness (QED) is 0.295. The van der Waals surface area contributed by atoms with Gasteiger partial charge in [0.15, 0.2) is 0 Å².